The molecule has 0 aromatic heterocycles. The highest BCUT2D eigenvalue weighted by molar-refractivity contribution is 5.87. The summed E-state index contributed by atoms with van der Waals surface area (Å²) in [7, 11) is 0. The van der Waals surface area contributed by atoms with Crippen LogP contribution in [0.4, 0.5) is 0 Å². The summed E-state index contributed by atoms with van der Waals surface area (Å²) in [6.45, 7) is 14.3. The molecule has 1 aromatic rings. The lowest BCUT2D eigenvalue weighted by molar-refractivity contribution is -0.375. The van der Waals surface area contributed by atoms with Crippen LogP contribution in [0.3, 0.4) is 0 Å². The molecule has 0 amide bonds. The van der Waals surface area contributed by atoms with Gasteiger partial charge in [-0.2, -0.15) is 0 Å². The van der Waals surface area contributed by atoms with Crippen LogP contribution in [0.15, 0.2) is 42.0 Å². The van der Waals surface area contributed by atoms with Gasteiger partial charge in [0, 0.05) is 30.3 Å². The number of phenolic OH excluding ortho intramolecular Hbond substituents is 1. The van der Waals surface area contributed by atoms with Gasteiger partial charge in [0.25, 0.3) is 0 Å². The third-order valence-corrected chi connectivity index (χ3v) is 19.9. The van der Waals surface area contributed by atoms with Crippen molar-refractivity contribution in [3.8, 4) is 5.75 Å². The summed E-state index contributed by atoms with van der Waals surface area (Å²) in [6.07, 6.45) is -9.73. The first-order valence-corrected chi connectivity index (χ1v) is 26.8. The van der Waals surface area contributed by atoms with Crippen LogP contribution < -0.4 is 0 Å². The number of esters is 1. The SMILES string of the molecule is CC(C)=CC1C[C@](C)(O)C2C3CCC4[C@@]5(C)CC[C@H](OC6OC[C@H](O)[C@H](O[C@@H]7OC(CO)[C@H](O)[C@H](OC(=O)/C=C/c8ccc(O)cc8)C7O)[C@@H]6OC6O[C@H](CO)[C@H](O)[C@@H]6O)C(C)(C)C5CC[C@@]4(C)C34COC2(C4)O1. The van der Waals surface area contributed by atoms with E-state index in [1.165, 1.54) is 18.2 Å². The van der Waals surface area contributed by atoms with Crippen LogP contribution in [0.2, 0.25) is 0 Å². The second-order valence-corrected chi connectivity index (χ2v) is 24.8. The summed E-state index contributed by atoms with van der Waals surface area (Å²) in [4.78, 5) is 13.1. The zero-order valence-electron chi connectivity index (χ0n) is 43.6. The predicted octanol–water partition coefficient (Wildman–Crippen LogP) is 2.58. The van der Waals surface area contributed by atoms with Gasteiger partial charge in [-0.25, -0.2) is 4.79 Å². The molecule has 5 aliphatic heterocycles. The summed E-state index contributed by atoms with van der Waals surface area (Å²) in [5.74, 6) is -1.11. The van der Waals surface area contributed by atoms with Crippen LogP contribution in [-0.4, -0.2) is 182 Å². The molecule has 19 nitrogen and oxygen atoms in total. The highest BCUT2D eigenvalue weighted by atomic mass is 16.8. The van der Waals surface area contributed by atoms with Crippen LogP contribution in [0.1, 0.15) is 105 Å². The molecule has 9 N–H and O–H groups in total. The van der Waals surface area contributed by atoms with E-state index in [0.29, 0.717) is 30.9 Å². The van der Waals surface area contributed by atoms with Gasteiger partial charge < -0.3 is 88.6 Å². The number of phenols is 1. The molecule has 1 aromatic carbocycles. The fourth-order valence-electron chi connectivity index (χ4n) is 16.7. The maximum absolute atomic E-state index is 13.1. The van der Waals surface area contributed by atoms with Gasteiger partial charge in [-0.1, -0.05) is 51.5 Å². The van der Waals surface area contributed by atoms with E-state index in [-0.39, 0.29) is 52.5 Å². The number of hydrogen-bond acceptors (Lipinski definition) is 19. The zero-order chi connectivity index (χ0) is 53.1. The number of hydrogen-bond donors (Lipinski definition) is 9. The number of aromatic hydroxyl groups is 1. The third-order valence-electron chi connectivity index (χ3n) is 19.9. The number of ether oxygens (including phenoxy) is 9. The van der Waals surface area contributed by atoms with Gasteiger partial charge in [0.15, 0.2) is 30.8 Å². The van der Waals surface area contributed by atoms with Crippen molar-refractivity contribution in [2.75, 3.05) is 26.4 Å². The predicted molar refractivity (Wildman–Crippen MR) is 260 cm³/mol. The maximum atomic E-state index is 13.1. The van der Waals surface area contributed by atoms with Gasteiger partial charge >= 0.3 is 5.97 Å². The van der Waals surface area contributed by atoms with Crippen molar-refractivity contribution in [1.29, 1.82) is 0 Å². The van der Waals surface area contributed by atoms with Gasteiger partial charge in [-0.3, -0.25) is 0 Å². The lowest BCUT2D eigenvalue weighted by Gasteiger charge is -2.70. The Kier molecular flexibility index (Phi) is 14.7. The second-order valence-electron chi connectivity index (χ2n) is 24.8. The lowest BCUT2D eigenvalue weighted by Crippen LogP contribution is -2.67. The Morgan fingerprint density at radius 3 is 2.12 bits per heavy atom. The molecule has 4 saturated carbocycles. The summed E-state index contributed by atoms with van der Waals surface area (Å²) >= 11 is 0. The highest BCUT2D eigenvalue weighted by Gasteiger charge is 2.81. The number of allylic oxidation sites excluding steroid dienone is 1. The van der Waals surface area contributed by atoms with Crippen molar-refractivity contribution in [2.45, 2.75) is 203 Å². The van der Waals surface area contributed by atoms with Gasteiger partial charge in [0.1, 0.15) is 60.7 Å². The molecule has 5 heterocycles. The first kappa shape index (κ1) is 54.7. The maximum Gasteiger partial charge on any atom is 0.331 e. The number of rotatable bonds is 12. The third kappa shape index (κ3) is 8.94. The molecule has 11 unspecified atom stereocenters. The summed E-state index contributed by atoms with van der Waals surface area (Å²) in [5, 5.41) is 98.5. The Morgan fingerprint density at radius 2 is 1.45 bits per heavy atom. The summed E-state index contributed by atoms with van der Waals surface area (Å²) < 4.78 is 57.0. The van der Waals surface area contributed by atoms with Crippen molar-refractivity contribution in [3.05, 3.63) is 47.6 Å². The fraction of sp³-hybridized carbons (Fsp3) is 0.800. The summed E-state index contributed by atoms with van der Waals surface area (Å²) in [5.41, 5.74) is -0.0976. The van der Waals surface area contributed by atoms with E-state index in [1.807, 2.05) is 6.92 Å². The first-order valence-electron chi connectivity index (χ1n) is 26.8. The monoisotopic (exact) mass is 1040 g/mol. The average molecular weight is 1050 g/mol. The standard InChI is InChI=1S/C55H80O19/c1-27(2)20-30-21-53(7,65)46-31-13-14-36-51(5)18-17-37(50(3,4)35(51)16-19-52(36,6)54(31)25-55(46,74-30)67-26-54)70-49-45(73-47-41(63)39(61)33(22-56)68-47)43(32(59)24-66-49)72-48-42(64)44(40(62)34(23-57)69-48)71-38(60)15-10-28-8-11-29(58)12-9-28/h8-12,15,20,30-37,39-49,56-59,61-65H,13-14,16-19,21-26H2,1-7H3/b15-10+/t30?,31?,32-,33+,34?,35?,36?,37-,39-,40-,41-,42?,43-,44-,45-,46?,47?,48-,49?,51-,52+,53-,54?,55?/m0/s1. The van der Waals surface area contributed by atoms with E-state index >= 15 is 0 Å². The quantitative estimate of drug-likeness (QED) is 0.0630. The number of carbonyl (C=O) groups excluding carboxylic acids is 1. The topological polar surface area (TPSA) is 282 Å². The van der Waals surface area contributed by atoms with Crippen LogP contribution in [0, 0.1) is 45.3 Å². The molecule has 2 spiro atoms. The van der Waals surface area contributed by atoms with Crippen molar-refractivity contribution in [1.82, 2.24) is 0 Å². The molecule has 9 aliphatic rings. The molecular formula is C55H80O19. The molecule has 5 saturated heterocycles. The van der Waals surface area contributed by atoms with Gasteiger partial charge in [0.05, 0.1) is 44.2 Å². The van der Waals surface area contributed by atoms with E-state index in [1.54, 1.807) is 12.1 Å². The fourth-order valence-corrected chi connectivity index (χ4v) is 16.7. The van der Waals surface area contributed by atoms with Crippen molar-refractivity contribution < 1.29 is 93.4 Å². The van der Waals surface area contributed by atoms with E-state index in [9.17, 15) is 50.8 Å². The molecule has 4 aliphatic carbocycles. The average Bonchev–Trinajstić information content (AvgIpc) is 3.96. The minimum atomic E-state index is -1.89. The first-order chi connectivity index (χ1) is 34.9. The molecular weight excluding hydrogens is 965 g/mol. The normalized spacial score (nSPS) is 50.4. The Morgan fingerprint density at radius 1 is 0.770 bits per heavy atom. The second kappa shape index (κ2) is 19.9. The van der Waals surface area contributed by atoms with Crippen LogP contribution in [-0.2, 0) is 47.4 Å². The minimum absolute atomic E-state index is 0.0275. The largest absolute Gasteiger partial charge is 0.508 e. The lowest BCUT2D eigenvalue weighted by atomic mass is 9.35. The Bertz CT molecular complexity index is 2250. The number of fused-ring (bicyclic) bond motifs is 4. The van der Waals surface area contributed by atoms with Crippen LogP contribution in [0.25, 0.3) is 6.08 Å². The molecule has 414 valence electrons. The Hall–Kier alpha value is -2.67. The van der Waals surface area contributed by atoms with Crippen molar-refractivity contribution in [3.63, 3.8) is 0 Å². The number of carbonyl (C=O) groups is 1. The van der Waals surface area contributed by atoms with E-state index in [0.717, 1.165) is 50.2 Å². The van der Waals surface area contributed by atoms with E-state index < -0.39 is 122 Å². The summed E-state index contributed by atoms with van der Waals surface area (Å²) in [6, 6.07) is 5.98. The number of aliphatic hydroxyl groups excluding tert-OH is 7. The van der Waals surface area contributed by atoms with Crippen molar-refractivity contribution >= 4 is 12.0 Å². The zero-order valence-corrected chi connectivity index (χ0v) is 43.6. The number of benzene rings is 1. The van der Waals surface area contributed by atoms with Crippen LogP contribution >= 0.6 is 0 Å². The van der Waals surface area contributed by atoms with E-state index in [4.69, 9.17) is 42.6 Å². The number of aliphatic hydroxyl groups is 8. The highest BCUT2D eigenvalue weighted by Crippen LogP contribution is 2.80. The molecule has 0 radical (unpaired) electrons. The van der Waals surface area contributed by atoms with Crippen molar-refractivity contribution in [2.24, 2.45) is 45.3 Å². The Labute approximate surface area is 432 Å². The smallest absolute Gasteiger partial charge is 0.331 e. The molecule has 24 atom stereocenters. The van der Waals surface area contributed by atoms with Crippen LogP contribution in [0.5, 0.6) is 5.75 Å². The van der Waals surface area contributed by atoms with Gasteiger partial charge in [-0.05, 0) is 117 Å². The van der Waals surface area contributed by atoms with Gasteiger partial charge in [-0.15, -0.1) is 0 Å². The molecule has 10 rings (SSSR count). The molecule has 9 fully saturated rings. The van der Waals surface area contributed by atoms with Gasteiger partial charge in [0.2, 0.25) is 0 Å². The van der Waals surface area contributed by atoms with E-state index in [2.05, 4.69) is 47.6 Å². The minimum Gasteiger partial charge on any atom is -0.508 e. The Balaban J connectivity index is 0.889. The molecule has 74 heavy (non-hydrogen) atoms. The molecule has 19 heteroatoms. The molecule has 2 bridgehead atoms.